The van der Waals surface area contributed by atoms with Crippen molar-refractivity contribution in [1.29, 1.82) is 0 Å². The Labute approximate surface area is 143 Å². The highest BCUT2D eigenvalue weighted by atomic mass is 16.2. The predicted molar refractivity (Wildman–Crippen MR) is 96.8 cm³/mol. The van der Waals surface area contributed by atoms with E-state index >= 15 is 0 Å². The van der Waals surface area contributed by atoms with Crippen molar-refractivity contribution in [2.24, 2.45) is 0 Å². The molecule has 1 aromatic heterocycles. The molecular weight excluding hydrogens is 302 g/mol. The third-order valence-electron chi connectivity index (χ3n) is 4.12. The number of H-pyrrole nitrogens is 1. The monoisotopic (exact) mass is 329 g/mol. The first-order valence-electron chi connectivity index (χ1n) is 8.71. The normalized spacial score (nSPS) is 12.1. The van der Waals surface area contributed by atoms with Crippen molar-refractivity contribution in [1.82, 2.24) is 15.6 Å². The topological polar surface area (TPSA) is 74.0 Å². The van der Waals surface area contributed by atoms with Gasteiger partial charge in [-0.2, -0.15) is 0 Å². The van der Waals surface area contributed by atoms with Crippen LogP contribution in [0, 0.1) is 0 Å². The van der Waals surface area contributed by atoms with Crippen molar-refractivity contribution in [3.8, 4) is 0 Å². The predicted octanol–water partition coefficient (Wildman–Crippen LogP) is 2.91. The van der Waals surface area contributed by atoms with Crippen molar-refractivity contribution >= 4 is 22.7 Å². The van der Waals surface area contributed by atoms with Crippen molar-refractivity contribution < 1.29 is 9.59 Å². The number of benzene rings is 1. The smallest absolute Gasteiger partial charge is 0.242 e. The molecule has 2 aromatic rings. The molecule has 0 fully saturated rings. The van der Waals surface area contributed by atoms with Crippen LogP contribution in [0.5, 0.6) is 0 Å². The van der Waals surface area contributed by atoms with E-state index in [0.717, 1.165) is 29.3 Å². The van der Waals surface area contributed by atoms with Crippen molar-refractivity contribution in [3.05, 3.63) is 36.0 Å². The highest BCUT2D eigenvalue weighted by Crippen LogP contribution is 2.19. The van der Waals surface area contributed by atoms with E-state index in [1.165, 1.54) is 19.8 Å². The fraction of sp³-hybridized carbons (Fsp3) is 0.474. The van der Waals surface area contributed by atoms with Gasteiger partial charge in [-0.15, -0.1) is 0 Å². The number of hydrogen-bond acceptors (Lipinski definition) is 2. The number of unbranched alkanes of at least 4 members (excludes halogenated alkanes) is 3. The van der Waals surface area contributed by atoms with Gasteiger partial charge in [0.25, 0.3) is 0 Å². The van der Waals surface area contributed by atoms with Crippen LogP contribution in [0.15, 0.2) is 30.5 Å². The van der Waals surface area contributed by atoms with Crippen LogP contribution in [0.25, 0.3) is 10.9 Å². The van der Waals surface area contributed by atoms with Crippen molar-refractivity contribution in [2.75, 3.05) is 6.54 Å². The molecule has 24 heavy (non-hydrogen) atoms. The number of para-hydroxylation sites is 1. The summed E-state index contributed by atoms with van der Waals surface area (Å²) >= 11 is 0. The second kappa shape index (κ2) is 9.11. The Balaban J connectivity index is 1.99. The van der Waals surface area contributed by atoms with Crippen molar-refractivity contribution in [2.45, 2.75) is 52.0 Å². The molecule has 0 radical (unpaired) electrons. The molecule has 0 aliphatic heterocycles. The summed E-state index contributed by atoms with van der Waals surface area (Å²) in [5, 5.41) is 6.80. The van der Waals surface area contributed by atoms with Gasteiger partial charge in [-0.1, -0.05) is 44.4 Å². The molecular formula is C19H27N3O2. The van der Waals surface area contributed by atoms with Gasteiger partial charge >= 0.3 is 0 Å². The quantitative estimate of drug-likeness (QED) is 0.619. The molecule has 1 unspecified atom stereocenters. The van der Waals surface area contributed by atoms with Crippen LogP contribution in [0.4, 0.5) is 0 Å². The lowest BCUT2D eigenvalue weighted by Crippen LogP contribution is -2.47. The van der Waals surface area contributed by atoms with Crippen LogP contribution in [0.3, 0.4) is 0 Å². The highest BCUT2D eigenvalue weighted by molar-refractivity contribution is 5.89. The number of aromatic amines is 1. The molecule has 130 valence electrons. The number of hydrogen-bond donors (Lipinski definition) is 3. The maximum atomic E-state index is 12.4. The van der Waals surface area contributed by atoms with Gasteiger partial charge in [0.15, 0.2) is 0 Å². The minimum atomic E-state index is -0.548. The number of nitrogens with one attached hydrogen (secondary N) is 3. The van der Waals surface area contributed by atoms with Gasteiger partial charge in [0.05, 0.1) is 0 Å². The summed E-state index contributed by atoms with van der Waals surface area (Å²) in [6, 6.07) is 7.42. The third kappa shape index (κ3) is 5.11. The molecule has 2 rings (SSSR count). The second-order valence-corrected chi connectivity index (χ2v) is 6.17. The van der Waals surface area contributed by atoms with Crippen LogP contribution in [0.1, 0.15) is 45.1 Å². The molecule has 0 aliphatic rings. The Hall–Kier alpha value is -2.30. The van der Waals surface area contributed by atoms with E-state index < -0.39 is 6.04 Å². The molecule has 1 heterocycles. The molecule has 0 bridgehead atoms. The molecule has 3 N–H and O–H groups in total. The molecule has 0 saturated heterocycles. The minimum absolute atomic E-state index is 0.119. The van der Waals surface area contributed by atoms with E-state index in [2.05, 4.69) is 22.5 Å². The van der Waals surface area contributed by atoms with Gasteiger partial charge in [0, 0.05) is 37.0 Å². The summed E-state index contributed by atoms with van der Waals surface area (Å²) in [5.41, 5.74) is 2.07. The van der Waals surface area contributed by atoms with Gasteiger partial charge < -0.3 is 15.6 Å². The van der Waals surface area contributed by atoms with Crippen LogP contribution in [-0.4, -0.2) is 29.4 Å². The van der Waals surface area contributed by atoms with E-state index in [0.29, 0.717) is 13.0 Å². The van der Waals surface area contributed by atoms with E-state index in [-0.39, 0.29) is 11.8 Å². The molecule has 5 heteroatoms. The Kier molecular flexibility index (Phi) is 6.85. The summed E-state index contributed by atoms with van der Waals surface area (Å²) in [6.45, 7) is 4.26. The van der Waals surface area contributed by atoms with E-state index in [1.807, 2.05) is 30.5 Å². The fourth-order valence-electron chi connectivity index (χ4n) is 2.86. The Morgan fingerprint density at radius 2 is 1.96 bits per heavy atom. The number of amides is 2. The van der Waals surface area contributed by atoms with E-state index in [4.69, 9.17) is 0 Å². The first-order valence-corrected chi connectivity index (χ1v) is 8.71. The lowest BCUT2D eigenvalue weighted by atomic mass is 10.0. The first kappa shape index (κ1) is 18.0. The van der Waals surface area contributed by atoms with E-state index in [1.54, 1.807) is 0 Å². The largest absolute Gasteiger partial charge is 0.361 e. The minimum Gasteiger partial charge on any atom is -0.361 e. The van der Waals surface area contributed by atoms with Gasteiger partial charge in [-0.05, 0) is 18.1 Å². The summed E-state index contributed by atoms with van der Waals surface area (Å²) in [4.78, 5) is 27.1. The zero-order chi connectivity index (χ0) is 17.4. The Morgan fingerprint density at radius 3 is 2.71 bits per heavy atom. The maximum absolute atomic E-state index is 12.4. The number of fused-ring (bicyclic) bond motifs is 1. The molecule has 0 saturated carbocycles. The van der Waals surface area contributed by atoms with Gasteiger partial charge in [-0.3, -0.25) is 9.59 Å². The molecule has 1 aromatic carbocycles. The highest BCUT2D eigenvalue weighted by Gasteiger charge is 2.21. The average molecular weight is 329 g/mol. The molecule has 0 spiro atoms. The average Bonchev–Trinajstić information content (AvgIpc) is 2.97. The third-order valence-corrected chi connectivity index (χ3v) is 4.12. The number of carbonyl (C=O) groups excluding carboxylic acids is 2. The molecule has 1 atom stereocenters. The SMILES string of the molecule is CCCCCCNC(=O)C(Cc1c[nH]c2ccccc12)NC(C)=O. The molecule has 0 aliphatic carbocycles. The van der Waals surface area contributed by atoms with Gasteiger partial charge in [0.2, 0.25) is 11.8 Å². The molecule has 5 nitrogen and oxygen atoms in total. The zero-order valence-electron chi connectivity index (χ0n) is 14.5. The van der Waals surface area contributed by atoms with Crippen molar-refractivity contribution in [3.63, 3.8) is 0 Å². The number of rotatable bonds is 9. The van der Waals surface area contributed by atoms with E-state index in [9.17, 15) is 9.59 Å². The summed E-state index contributed by atoms with van der Waals surface area (Å²) < 4.78 is 0. The number of carbonyl (C=O) groups is 2. The van der Waals surface area contributed by atoms with Crippen LogP contribution in [0.2, 0.25) is 0 Å². The standard InChI is InChI=1S/C19H27N3O2/c1-3-4-5-8-11-20-19(24)18(22-14(2)23)12-15-13-21-17-10-7-6-9-16(15)17/h6-7,9-10,13,18,21H,3-5,8,11-12H2,1-2H3,(H,20,24)(H,22,23). The Bertz CT molecular complexity index is 678. The lowest BCUT2D eigenvalue weighted by molar-refractivity contribution is -0.128. The zero-order valence-corrected chi connectivity index (χ0v) is 14.5. The van der Waals surface area contributed by atoms with Gasteiger partial charge in [-0.25, -0.2) is 0 Å². The van der Waals surface area contributed by atoms with Crippen LogP contribution >= 0.6 is 0 Å². The molecule has 2 amide bonds. The fourth-order valence-corrected chi connectivity index (χ4v) is 2.86. The summed E-state index contributed by atoms with van der Waals surface area (Å²) in [7, 11) is 0. The summed E-state index contributed by atoms with van der Waals surface area (Å²) in [5.74, 6) is -0.312. The maximum Gasteiger partial charge on any atom is 0.242 e. The van der Waals surface area contributed by atoms with Crippen LogP contribution in [-0.2, 0) is 16.0 Å². The lowest BCUT2D eigenvalue weighted by Gasteiger charge is -2.17. The van der Waals surface area contributed by atoms with Gasteiger partial charge in [0.1, 0.15) is 6.04 Å². The first-order chi connectivity index (χ1) is 11.6. The Morgan fingerprint density at radius 1 is 1.17 bits per heavy atom. The summed E-state index contributed by atoms with van der Waals surface area (Å²) in [6.07, 6.45) is 6.82. The second-order valence-electron chi connectivity index (χ2n) is 6.17. The van der Waals surface area contributed by atoms with Crippen LogP contribution < -0.4 is 10.6 Å². The number of aromatic nitrogens is 1.